The average Bonchev–Trinajstić information content (AvgIpc) is 2.59. The van der Waals surface area contributed by atoms with Crippen molar-refractivity contribution >= 4 is 10.8 Å². The second-order valence-electron chi connectivity index (χ2n) is 6.37. The van der Waals surface area contributed by atoms with Gasteiger partial charge in [-0.2, -0.15) is 0 Å². The number of hydrogen-bond acceptors (Lipinski definition) is 3. The van der Waals surface area contributed by atoms with Crippen LogP contribution in [-0.4, -0.2) is 19.2 Å². The number of pyridine rings is 1. The Hall–Kier alpha value is -2.55. The van der Waals surface area contributed by atoms with Crippen LogP contribution in [0.5, 0.6) is 11.5 Å². The monoisotopic (exact) mass is 321 g/mol. The Balaban J connectivity index is 2.18. The lowest BCUT2D eigenvalue weighted by Gasteiger charge is -2.18. The SMILES string of the molecule is COc1cc(-c2cc3cc(C)ccc3cn2)cc(OC)c1C(C)C. The van der Waals surface area contributed by atoms with Gasteiger partial charge in [0, 0.05) is 22.7 Å². The zero-order chi connectivity index (χ0) is 17.3. The summed E-state index contributed by atoms with van der Waals surface area (Å²) < 4.78 is 11.2. The number of rotatable bonds is 4. The molecule has 3 nitrogen and oxygen atoms in total. The van der Waals surface area contributed by atoms with E-state index in [2.05, 4.69) is 50.0 Å². The predicted molar refractivity (Wildman–Crippen MR) is 99.1 cm³/mol. The second kappa shape index (κ2) is 6.52. The van der Waals surface area contributed by atoms with Gasteiger partial charge in [0.2, 0.25) is 0 Å². The number of aryl methyl sites for hydroxylation is 1. The fraction of sp³-hybridized carbons (Fsp3) is 0.286. The van der Waals surface area contributed by atoms with Crippen molar-refractivity contribution in [3.8, 4) is 22.8 Å². The third-order valence-corrected chi connectivity index (χ3v) is 4.29. The molecular formula is C21H23NO2. The van der Waals surface area contributed by atoms with E-state index in [9.17, 15) is 0 Å². The Kier molecular flexibility index (Phi) is 4.43. The van der Waals surface area contributed by atoms with Gasteiger partial charge in [-0.1, -0.05) is 37.6 Å². The number of hydrogen-bond donors (Lipinski definition) is 0. The quantitative estimate of drug-likeness (QED) is 0.649. The summed E-state index contributed by atoms with van der Waals surface area (Å²) in [5.41, 5.74) is 4.24. The molecule has 2 aromatic carbocycles. The molecule has 0 saturated heterocycles. The average molecular weight is 321 g/mol. The smallest absolute Gasteiger partial charge is 0.126 e. The van der Waals surface area contributed by atoms with E-state index in [1.54, 1.807) is 14.2 Å². The molecule has 0 N–H and O–H groups in total. The van der Waals surface area contributed by atoms with Gasteiger partial charge in [-0.3, -0.25) is 4.98 Å². The lowest BCUT2D eigenvalue weighted by atomic mass is 9.97. The van der Waals surface area contributed by atoms with Crippen molar-refractivity contribution in [1.29, 1.82) is 0 Å². The maximum absolute atomic E-state index is 5.61. The fourth-order valence-electron chi connectivity index (χ4n) is 3.07. The van der Waals surface area contributed by atoms with Crippen molar-refractivity contribution in [2.75, 3.05) is 14.2 Å². The minimum Gasteiger partial charge on any atom is -0.496 e. The van der Waals surface area contributed by atoms with E-state index in [0.717, 1.165) is 33.7 Å². The standard InChI is InChI=1S/C21H23NO2/c1-13(2)21-19(23-4)10-17(11-20(21)24-5)18-9-16-8-14(3)6-7-15(16)12-22-18/h6-13H,1-5H3. The first kappa shape index (κ1) is 16.3. The van der Waals surface area contributed by atoms with Crippen LogP contribution in [0.25, 0.3) is 22.0 Å². The number of fused-ring (bicyclic) bond motifs is 1. The van der Waals surface area contributed by atoms with Crippen LogP contribution in [0.1, 0.15) is 30.9 Å². The molecule has 1 aromatic heterocycles. The summed E-state index contributed by atoms with van der Waals surface area (Å²) in [6.07, 6.45) is 1.92. The van der Waals surface area contributed by atoms with Gasteiger partial charge in [-0.25, -0.2) is 0 Å². The zero-order valence-electron chi connectivity index (χ0n) is 14.9. The van der Waals surface area contributed by atoms with Crippen LogP contribution in [0, 0.1) is 6.92 Å². The van der Waals surface area contributed by atoms with Crippen LogP contribution >= 0.6 is 0 Å². The molecule has 0 amide bonds. The highest BCUT2D eigenvalue weighted by Gasteiger charge is 2.17. The summed E-state index contributed by atoms with van der Waals surface area (Å²) >= 11 is 0. The summed E-state index contributed by atoms with van der Waals surface area (Å²) in [6.45, 7) is 6.37. The van der Waals surface area contributed by atoms with E-state index in [4.69, 9.17) is 9.47 Å². The topological polar surface area (TPSA) is 31.4 Å². The van der Waals surface area contributed by atoms with Crippen molar-refractivity contribution in [3.63, 3.8) is 0 Å². The van der Waals surface area contributed by atoms with Crippen LogP contribution in [0.3, 0.4) is 0 Å². The Morgan fingerprint density at radius 2 is 1.54 bits per heavy atom. The molecule has 3 heteroatoms. The third-order valence-electron chi connectivity index (χ3n) is 4.29. The molecule has 0 saturated carbocycles. The van der Waals surface area contributed by atoms with E-state index in [0.29, 0.717) is 5.92 Å². The van der Waals surface area contributed by atoms with E-state index in [-0.39, 0.29) is 0 Å². The summed E-state index contributed by atoms with van der Waals surface area (Å²) in [6, 6.07) is 12.6. The molecule has 1 heterocycles. The zero-order valence-corrected chi connectivity index (χ0v) is 14.9. The minimum atomic E-state index is 0.316. The van der Waals surface area contributed by atoms with E-state index < -0.39 is 0 Å². The van der Waals surface area contributed by atoms with Crippen LogP contribution in [0.2, 0.25) is 0 Å². The highest BCUT2D eigenvalue weighted by molar-refractivity contribution is 5.86. The summed E-state index contributed by atoms with van der Waals surface area (Å²) in [7, 11) is 3.39. The largest absolute Gasteiger partial charge is 0.496 e. The minimum absolute atomic E-state index is 0.316. The molecule has 0 radical (unpaired) electrons. The first-order valence-electron chi connectivity index (χ1n) is 8.16. The first-order chi connectivity index (χ1) is 11.5. The predicted octanol–water partition coefficient (Wildman–Crippen LogP) is 5.35. The number of methoxy groups -OCH3 is 2. The first-order valence-corrected chi connectivity index (χ1v) is 8.16. The summed E-state index contributed by atoms with van der Waals surface area (Å²) in [5, 5.41) is 2.33. The maximum atomic E-state index is 5.61. The van der Waals surface area contributed by atoms with Gasteiger partial charge in [0.25, 0.3) is 0 Å². The number of nitrogens with zero attached hydrogens (tertiary/aromatic N) is 1. The molecule has 3 rings (SSSR count). The highest BCUT2D eigenvalue weighted by Crippen LogP contribution is 2.39. The normalized spacial score (nSPS) is 11.1. The van der Waals surface area contributed by atoms with E-state index in [1.807, 2.05) is 18.3 Å². The molecule has 24 heavy (non-hydrogen) atoms. The molecule has 0 spiro atoms. The summed E-state index contributed by atoms with van der Waals surface area (Å²) in [4.78, 5) is 4.62. The van der Waals surface area contributed by atoms with Gasteiger partial charge >= 0.3 is 0 Å². The van der Waals surface area contributed by atoms with Crippen molar-refractivity contribution in [3.05, 3.63) is 53.7 Å². The second-order valence-corrected chi connectivity index (χ2v) is 6.37. The number of benzene rings is 2. The van der Waals surface area contributed by atoms with Gasteiger partial charge in [0.15, 0.2) is 0 Å². The summed E-state index contributed by atoms with van der Waals surface area (Å²) in [5.74, 6) is 1.99. The third kappa shape index (κ3) is 2.94. The molecule has 0 aliphatic carbocycles. The van der Waals surface area contributed by atoms with Gasteiger partial charge < -0.3 is 9.47 Å². The van der Waals surface area contributed by atoms with Crippen LogP contribution in [0.15, 0.2) is 42.6 Å². The Morgan fingerprint density at radius 3 is 2.12 bits per heavy atom. The van der Waals surface area contributed by atoms with E-state index in [1.165, 1.54) is 10.9 Å². The molecule has 0 atom stereocenters. The van der Waals surface area contributed by atoms with Gasteiger partial charge in [0.1, 0.15) is 11.5 Å². The van der Waals surface area contributed by atoms with Crippen LogP contribution in [-0.2, 0) is 0 Å². The highest BCUT2D eigenvalue weighted by atomic mass is 16.5. The molecule has 0 fully saturated rings. The molecule has 0 aliphatic rings. The van der Waals surface area contributed by atoms with Crippen molar-refractivity contribution in [2.24, 2.45) is 0 Å². The van der Waals surface area contributed by atoms with Crippen molar-refractivity contribution < 1.29 is 9.47 Å². The van der Waals surface area contributed by atoms with Gasteiger partial charge in [0.05, 0.1) is 19.9 Å². The molecule has 124 valence electrons. The lowest BCUT2D eigenvalue weighted by molar-refractivity contribution is 0.382. The molecule has 0 aliphatic heterocycles. The maximum Gasteiger partial charge on any atom is 0.126 e. The molecule has 0 bridgehead atoms. The van der Waals surface area contributed by atoms with Gasteiger partial charge in [-0.05, 0) is 36.4 Å². The number of aromatic nitrogens is 1. The Bertz CT molecular complexity index is 859. The lowest BCUT2D eigenvalue weighted by Crippen LogP contribution is -2.00. The van der Waals surface area contributed by atoms with Crippen LogP contribution < -0.4 is 9.47 Å². The van der Waals surface area contributed by atoms with Crippen molar-refractivity contribution in [1.82, 2.24) is 4.98 Å². The fourth-order valence-corrected chi connectivity index (χ4v) is 3.07. The van der Waals surface area contributed by atoms with Crippen molar-refractivity contribution in [2.45, 2.75) is 26.7 Å². The Morgan fingerprint density at radius 1 is 0.875 bits per heavy atom. The van der Waals surface area contributed by atoms with E-state index >= 15 is 0 Å². The Labute approximate surface area is 143 Å². The molecule has 3 aromatic rings. The van der Waals surface area contributed by atoms with Crippen LogP contribution in [0.4, 0.5) is 0 Å². The van der Waals surface area contributed by atoms with Gasteiger partial charge in [-0.15, -0.1) is 0 Å². The number of ether oxygens (including phenoxy) is 2. The molecule has 0 unspecified atom stereocenters. The molecular weight excluding hydrogens is 298 g/mol.